The molecule has 0 aliphatic heterocycles. The Morgan fingerprint density at radius 3 is 1.81 bits per heavy atom. The summed E-state index contributed by atoms with van der Waals surface area (Å²) < 4.78 is 7.33. The highest BCUT2D eigenvalue weighted by Crippen LogP contribution is 2.41. The average Bonchev–Trinajstić information content (AvgIpc) is 3.94. The molecule has 12 rings (SSSR count). The Morgan fingerprint density at radius 2 is 0.965 bits per heavy atom. The smallest absolute Gasteiger partial charge is 0.137 e. The number of rotatable bonds is 5. The topological polar surface area (TPSA) is 22.8 Å². The van der Waals surface area contributed by atoms with Gasteiger partial charge in [0, 0.05) is 59.2 Å². The summed E-state index contributed by atoms with van der Waals surface area (Å²) in [6, 6.07) is 70.4. The molecular formula is C53H33N3S. The Kier molecular flexibility index (Phi) is 7.10. The van der Waals surface area contributed by atoms with Gasteiger partial charge in [-0.05, 0) is 94.5 Å². The number of para-hydroxylation sites is 3. The minimum absolute atomic E-state index is 0.901. The van der Waals surface area contributed by atoms with E-state index in [4.69, 9.17) is 4.98 Å². The maximum absolute atomic E-state index is 5.12. The summed E-state index contributed by atoms with van der Waals surface area (Å²) in [5.41, 5.74) is 13.0. The van der Waals surface area contributed by atoms with Gasteiger partial charge in [0.1, 0.15) is 5.82 Å². The number of benzene rings is 8. The Bertz CT molecular complexity index is 3510. The summed E-state index contributed by atoms with van der Waals surface area (Å²) in [6.45, 7) is 0. The second-order valence-electron chi connectivity index (χ2n) is 14.8. The van der Waals surface area contributed by atoms with Crippen molar-refractivity contribution in [2.24, 2.45) is 0 Å². The lowest BCUT2D eigenvalue weighted by molar-refractivity contribution is 1.08. The molecule has 266 valence electrons. The van der Waals surface area contributed by atoms with Crippen molar-refractivity contribution < 1.29 is 0 Å². The Morgan fingerprint density at radius 1 is 0.351 bits per heavy atom. The minimum Gasteiger partial charge on any atom is -0.309 e. The van der Waals surface area contributed by atoms with Crippen molar-refractivity contribution in [3.63, 3.8) is 0 Å². The van der Waals surface area contributed by atoms with Gasteiger partial charge in [0.2, 0.25) is 0 Å². The van der Waals surface area contributed by atoms with Gasteiger partial charge in [0.15, 0.2) is 0 Å². The van der Waals surface area contributed by atoms with Gasteiger partial charge < -0.3 is 4.57 Å². The van der Waals surface area contributed by atoms with Crippen LogP contribution in [0.15, 0.2) is 200 Å². The van der Waals surface area contributed by atoms with Gasteiger partial charge in [-0.3, -0.25) is 4.57 Å². The number of nitrogens with zero attached hydrogens (tertiary/aromatic N) is 3. The summed E-state index contributed by atoms with van der Waals surface area (Å²) in [5, 5.41) is 7.57. The highest BCUT2D eigenvalue weighted by Gasteiger charge is 2.17. The van der Waals surface area contributed by atoms with Crippen molar-refractivity contribution in [1.29, 1.82) is 0 Å². The zero-order valence-electron chi connectivity index (χ0n) is 30.8. The third kappa shape index (κ3) is 5.01. The van der Waals surface area contributed by atoms with Crippen LogP contribution in [0.2, 0.25) is 0 Å². The third-order valence-corrected chi connectivity index (χ3v) is 12.8. The second kappa shape index (κ2) is 12.6. The van der Waals surface area contributed by atoms with E-state index in [-0.39, 0.29) is 0 Å². The van der Waals surface area contributed by atoms with E-state index in [0.717, 1.165) is 33.7 Å². The molecule has 0 aliphatic rings. The molecule has 4 aromatic heterocycles. The summed E-state index contributed by atoms with van der Waals surface area (Å²) in [5.74, 6) is 0.901. The molecule has 0 bridgehead atoms. The van der Waals surface area contributed by atoms with Crippen molar-refractivity contribution in [3.8, 4) is 44.9 Å². The Balaban J connectivity index is 0.938. The molecule has 57 heavy (non-hydrogen) atoms. The molecule has 0 aliphatic carbocycles. The maximum atomic E-state index is 5.12. The molecular weight excluding hydrogens is 711 g/mol. The quantitative estimate of drug-likeness (QED) is 0.172. The fraction of sp³-hybridized carbons (Fsp3) is 0. The average molecular weight is 744 g/mol. The van der Waals surface area contributed by atoms with Crippen molar-refractivity contribution in [2.75, 3.05) is 0 Å². The number of thiophene rings is 1. The molecule has 8 aromatic carbocycles. The highest BCUT2D eigenvalue weighted by atomic mass is 32.1. The minimum atomic E-state index is 0.901. The van der Waals surface area contributed by atoms with Crippen LogP contribution in [0.1, 0.15) is 0 Å². The van der Waals surface area contributed by atoms with Gasteiger partial charge in [-0.1, -0.05) is 127 Å². The molecule has 0 unspecified atom stereocenters. The van der Waals surface area contributed by atoms with Gasteiger partial charge in [0.25, 0.3) is 0 Å². The highest BCUT2D eigenvalue weighted by molar-refractivity contribution is 7.26. The molecule has 12 aromatic rings. The van der Waals surface area contributed by atoms with Crippen LogP contribution in [0.4, 0.5) is 0 Å². The number of hydrogen-bond acceptors (Lipinski definition) is 2. The largest absolute Gasteiger partial charge is 0.309 e. The van der Waals surface area contributed by atoms with E-state index in [1.54, 1.807) is 0 Å². The van der Waals surface area contributed by atoms with Crippen LogP contribution in [0, 0.1) is 0 Å². The lowest BCUT2D eigenvalue weighted by atomic mass is 9.98. The first kappa shape index (κ1) is 32.0. The SMILES string of the molecule is c1ccc(-n2c3ccccc3c3ccc(-c4ccc5c(c4)c4ccccc4n5-c4ccc(-c5cccc(-c6cccc7c6sc6ccccc67)c5)cn4)cc32)cc1. The van der Waals surface area contributed by atoms with Gasteiger partial charge in [0.05, 0.1) is 22.1 Å². The summed E-state index contributed by atoms with van der Waals surface area (Å²) in [7, 11) is 0. The van der Waals surface area contributed by atoms with Crippen LogP contribution in [0.3, 0.4) is 0 Å². The molecule has 0 amide bonds. The van der Waals surface area contributed by atoms with Gasteiger partial charge >= 0.3 is 0 Å². The first-order valence-electron chi connectivity index (χ1n) is 19.4. The normalized spacial score (nSPS) is 11.9. The summed E-state index contributed by atoms with van der Waals surface area (Å²) >= 11 is 1.87. The van der Waals surface area contributed by atoms with Gasteiger partial charge in [-0.2, -0.15) is 0 Å². The van der Waals surface area contributed by atoms with E-state index >= 15 is 0 Å². The van der Waals surface area contributed by atoms with Crippen molar-refractivity contribution in [2.45, 2.75) is 0 Å². The molecule has 4 heteroatoms. The molecule has 0 saturated carbocycles. The molecule has 0 saturated heterocycles. The molecule has 0 fully saturated rings. The summed E-state index contributed by atoms with van der Waals surface area (Å²) in [6.07, 6.45) is 2.02. The first-order valence-corrected chi connectivity index (χ1v) is 20.2. The van der Waals surface area contributed by atoms with E-state index in [9.17, 15) is 0 Å². The van der Waals surface area contributed by atoms with Crippen LogP contribution in [-0.4, -0.2) is 14.1 Å². The van der Waals surface area contributed by atoms with Crippen LogP contribution in [0.25, 0.3) is 109 Å². The zero-order chi connectivity index (χ0) is 37.5. The van der Waals surface area contributed by atoms with Crippen molar-refractivity contribution >= 4 is 75.1 Å². The molecule has 0 N–H and O–H groups in total. The maximum Gasteiger partial charge on any atom is 0.137 e. The monoisotopic (exact) mass is 743 g/mol. The fourth-order valence-electron chi connectivity index (χ4n) is 8.93. The molecule has 4 heterocycles. The predicted molar refractivity (Wildman–Crippen MR) is 242 cm³/mol. The predicted octanol–water partition coefficient (Wildman–Crippen LogP) is 14.6. The second-order valence-corrected chi connectivity index (χ2v) is 15.8. The van der Waals surface area contributed by atoms with Crippen LogP contribution < -0.4 is 0 Å². The number of fused-ring (bicyclic) bond motifs is 9. The third-order valence-electron chi connectivity index (χ3n) is 11.6. The van der Waals surface area contributed by atoms with E-state index < -0.39 is 0 Å². The summed E-state index contributed by atoms with van der Waals surface area (Å²) in [4.78, 5) is 5.12. The lowest BCUT2D eigenvalue weighted by Gasteiger charge is -2.10. The van der Waals surface area contributed by atoms with E-state index in [1.165, 1.54) is 75.0 Å². The van der Waals surface area contributed by atoms with Gasteiger partial charge in [-0.25, -0.2) is 4.98 Å². The molecule has 0 atom stereocenters. The van der Waals surface area contributed by atoms with E-state index in [1.807, 2.05) is 17.5 Å². The van der Waals surface area contributed by atoms with E-state index in [0.29, 0.717) is 0 Å². The van der Waals surface area contributed by atoms with Crippen molar-refractivity contribution in [3.05, 3.63) is 200 Å². The van der Waals surface area contributed by atoms with Crippen LogP contribution in [0.5, 0.6) is 0 Å². The molecule has 3 nitrogen and oxygen atoms in total. The van der Waals surface area contributed by atoms with Crippen LogP contribution in [-0.2, 0) is 0 Å². The van der Waals surface area contributed by atoms with Crippen LogP contribution >= 0.6 is 11.3 Å². The Labute approximate surface area is 333 Å². The number of aromatic nitrogens is 3. The molecule has 0 spiro atoms. The Hall–Kier alpha value is -7.27. The van der Waals surface area contributed by atoms with Crippen molar-refractivity contribution in [1.82, 2.24) is 14.1 Å². The van der Waals surface area contributed by atoms with E-state index in [2.05, 4.69) is 203 Å². The number of pyridine rings is 1. The van der Waals surface area contributed by atoms with Gasteiger partial charge in [-0.15, -0.1) is 11.3 Å². The first-order chi connectivity index (χ1) is 28.3. The fourth-order valence-corrected chi connectivity index (χ4v) is 10.2. The standard InChI is InChI=1S/C53H33N3S/c1-2-14-39(15-3-1)55-47-21-7-4-16-41(47)43-27-24-36(32-50(43)55)35-25-28-49-46(31-35)42-17-5-8-22-48(42)56(49)52-29-26-38(33-54-52)34-12-10-13-37(30-34)40-19-11-20-45-44-18-6-9-23-51(44)57-53(40)45/h1-33H. The lowest BCUT2D eigenvalue weighted by Crippen LogP contribution is -1.97. The number of hydrogen-bond donors (Lipinski definition) is 0. The zero-order valence-corrected chi connectivity index (χ0v) is 31.6. The molecule has 0 radical (unpaired) electrons.